The minimum absolute atomic E-state index is 0.0751. The van der Waals surface area contributed by atoms with Crippen molar-refractivity contribution in [1.29, 1.82) is 0 Å². The first kappa shape index (κ1) is 18.4. The molecule has 3 heterocycles. The van der Waals surface area contributed by atoms with Gasteiger partial charge in [0, 0.05) is 30.3 Å². The third-order valence-electron chi connectivity index (χ3n) is 5.71. The lowest BCUT2D eigenvalue weighted by Gasteiger charge is -2.25. The number of amides is 1. The molecule has 0 aliphatic carbocycles. The van der Waals surface area contributed by atoms with Crippen molar-refractivity contribution >= 4 is 38.3 Å². The number of aromatic nitrogens is 1. The van der Waals surface area contributed by atoms with Crippen LogP contribution in [-0.4, -0.2) is 43.3 Å². The van der Waals surface area contributed by atoms with Crippen molar-refractivity contribution < 1.29 is 14.3 Å². The fraction of sp³-hybridized carbons (Fsp3) is 0.364. The molecule has 1 aromatic heterocycles. The molecule has 2 aliphatic rings. The van der Waals surface area contributed by atoms with Crippen LogP contribution in [0, 0.1) is 0 Å². The van der Waals surface area contributed by atoms with Gasteiger partial charge in [-0.3, -0.25) is 4.79 Å². The van der Waals surface area contributed by atoms with E-state index < -0.39 is 0 Å². The molecule has 0 saturated carbocycles. The topological polar surface area (TPSA) is 63.7 Å². The Balaban J connectivity index is 1.39. The van der Waals surface area contributed by atoms with Crippen molar-refractivity contribution in [3.05, 3.63) is 47.5 Å². The van der Waals surface area contributed by atoms with Crippen molar-refractivity contribution in [3.8, 4) is 5.75 Å². The second-order valence-corrected chi connectivity index (χ2v) is 8.58. The molecule has 3 aromatic rings. The number of para-hydroxylation sites is 1. The molecule has 0 unspecified atom stereocenters. The minimum atomic E-state index is -0.152. The maximum absolute atomic E-state index is 13.0. The number of thiazole rings is 1. The summed E-state index contributed by atoms with van der Waals surface area (Å²) < 4.78 is 12.4. The molecular formula is C22H23N3O3S. The van der Waals surface area contributed by atoms with Gasteiger partial charge in [0.1, 0.15) is 11.9 Å². The van der Waals surface area contributed by atoms with E-state index in [0.717, 1.165) is 52.9 Å². The number of carbonyl (C=O) groups excluding carboxylic acids is 1. The van der Waals surface area contributed by atoms with Crippen molar-refractivity contribution in [3.63, 3.8) is 0 Å². The van der Waals surface area contributed by atoms with Crippen LogP contribution in [0.25, 0.3) is 10.2 Å². The van der Waals surface area contributed by atoms with Gasteiger partial charge in [0.15, 0.2) is 5.13 Å². The summed E-state index contributed by atoms with van der Waals surface area (Å²) in [7, 11) is 0. The molecule has 1 fully saturated rings. The molecule has 2 aliphatic heterocycles. The van der Waals surface area contributed by atoms with Crippen LogP contribution in [0.5, 0.6) is 5.75 Å². The van der Waals surface area contributed by atoms with Crippen LogP contribution in [-0.2, 0) is 4.74 Å². The van der Waals surface area contributed by atoms with Crippen LogP contribution in [0.4, 0.5) is 10.8 Å². The van der Waals surface area contributed by atoms with Crippen LogP contribution in [0.15, 0.2) is 36.4 Å². The third-order valence-corrected chi connectivity index (χ3v) is 6.78. The fourth-order valence-corrected chi connectivity index (χ4v) is 4.90. The number of ether oxygens (including phenoxy) is 2. The molecule has 0 bridgehead atoms. The highest BCUT2D eigenvalue weighted by atomic mass is 32.1. The Morgan fingerprint density at radius 2 is 2.03 bits per heavy atom. The highest BCUT2D eigenvalue weighted by Crippen LogP contribution is 2.40. The number of nitrogens with zero attached hydrogens (tertiary/aromatic N) is 2. The summed E-state index contributed by atoms with van der Waals surface area (Å²) in [6.07, 6.45) is 0.0751. The number of carbonyl (C=O) groups is 1. The molecule has 150 valence electrons. The monoisotopic (exact) mass is 409 g/mol. The number of anilines is 2. The Kier molecular flexibility index (Phi) is 4.64. The minimum Gasteiger partial charge on any atom is -0.489 e. The van der Waals surface area contributed by atoms with E-state index in [1.54, 1.807) is 11.3 Å². The quantitative estimate of drug-likeness (QED) is 0.700. The summed E-state index contributed by atoms with van der Waals surface area (Å²) in [5.74, 6) is 0.837. The van der Waals surface area contributed by atoms with E-state index in [-0.39, 0.29) is 17.9 Å². The van der Waals surface area contributed by atoms with Crippen LogP contribution in [0.2, 0.25) is 0 Å². The Morgan fingerprint density at radius 3 is 2.86 bits per heavy atom. The predicted octanol–water partition coefficient (Wildman–Crippen LogP) is 4.27. The van der Waals surface area contributed by atoms with Gasteiger partial charge in [-0.05, 0) is 31.2 Å². The molecule has 2 aromatic carbocycles. The lowest BCUT2D eigenvalue weighted by molar-refractivity contribution is 0.102. The second-order valence-electron chi connectivity index (χ2n) is 7.57. The molecule has 1 amide bonds. The van der Waals surface area contributed by atoms with E-state index in [1.807, 2.05) is 43.3 Å². The highest BCUT2D eigenvalue weighted by Gasteiger charge is 2.31. The SMILES string of the molecule is C[C@@H]1Oc2c(C(=O)Nc3ccc4nc(N5CCOCC5)sc4c3)cccc2[C@H]1C. The fourth-order valence-electron chi connectivity index (χ4n) is 3.84. The van der Waals surface area contributed by atoms with Crippen LogP contribution in [0.3, 0.4) is 0 Å². The smallest absolute Gasteiger partial charge is 0.259 e. The van der Waals surface area contributed by atoms with Crippen LogP contribution < -0.4 is 15.0 Å². The van der Waals surface area contributed by atoms with E-state index in [4.69, 9.17) is 14.5 Å². The van der Waals surface area contributed by atoms with E-state index in [9.17, 15) is 4.79 Å². The first-order valence-corrected chi connectivity index (χ1v) is 10.8. The zero-order chi connectivity index (χ0) is 20.0. The second kappa shape index (κ2) is 7.31. The molecular weight excluding hydrogens is 386 g/mol. The normalized spacial score (nSPS) is 21.1. The van der Waals surface area contributed by atoms with Gasteiger partial charge >= 0.3 is 0 Å². The number of fused-ring (bicyclic) bond motifs is 2. The van der Waals surface area contributed by atoms with Gasteiger partial charge in [-0.25, -0.2) is 4.98 Å². The third kappa shape index (κ3) is 3.34. The summed E-state index contributed by atoms with van der Waals surface area (Å²) in [6.45, 7) is 7.35. The highest BCUT2D eigenvalue weighted by molar-refractivity contribution is 7.22. The number of hydrogen-bond donors (Lipinski definition) is 1. The molecule has 0 radical (unpaired) electrons. The first-order valence-electron chi connectivity index (χ1n) is 9.94. The maximum Gasteiger partial charge on any atom is 0.259 e. The number of hydrogen-bond acceptors (Lipinski definition) is 6. The molecule has 0 spiro atoms. The standard InChI is InChI=1S/C22H23N3O3S/c1-13-14(2)28-20-16(13)4-3-5-17(20)21(26)23-15-6-7-18-19(12-15)29-22(24-18)25-8-10-27-11-9-25/h3-7,12-14H,8-11H2,1-2H3,(H,23,26)/t13-,14-/m0/s1. The van der Waals surface area contributed by atoms with E-state index >= 15 is 0 Å². The lowest BCUT2D eigenvalue weighted by atomic mass is 9.97. The number of nitrogens with one attached hydrogen (secondary N) is 1. The molecule has 5 rings (SSSR count). The number of benzene rings is 2. The average Bonchev–Trinajstić information content (AvgIpc) is 3.29. The van der Waals surface area contributed by atoms with Crippen molar-refractivity contribution in [1.82, 2.24) is 4.98 Å². The summed E-state index contributed by atoms with van der Waals surface area (Å²) in [4.78, 5) is 19.9. The van der Waals surface area contributed by atoms with Gasteiger partial charge in [-0.1, -0.05) is 30.4 Å². The van der Waals surface area contributed by atoms with Gasteiger partial charge in [0.05, 0.1) is 29.0 Å². The maximum atomic E-state index is 13.0. The van der Waals surface area contributed by atoms with Crippen LogP contribution >= 0.6 is 11.3 Å². The van der Waals surface area contributed by atoms with Gasteiger partial charge < -0.3 is 19.7 Å². The van der Waals surface area contributed by atoms with Gasteiger partial charge in [0.25, 0.3) is 5.91 Å². The zero-order valence-corrected chi connectivity index (χ0v) is 17.3. The Hall–Kier alpha value is -2.64. The predicted molar refractivity (Wildman–Crippen MR) is 116 cm³/mol. The molecule has 29 heavy (non-hydrogen) atoms. The van der Waals surface area contributed by atoms with Crippen LogP contribution in [0.1, 0.15) is 35.7 Å². The number of morpholine rings is 1. The molecule has 2 atom stereocenters. The van der Waals surface area contributed by atoms with Crippen molar-refractivity contribution in [2.75, 3.05) is 36.5 Å². The van der Waals surface area contributed by atoms with E-state index in [0.29, 0.717) is 11.3 Å². The summed E-state index contributed by atoms with van der Waals surface area (Å²) in [5.41, 5.74) is 3.38. The molecule has 1 N–H and O–H groups in total. The average molecular weight is 410 g/mol. The largest absolute Gasteiger partial charge is 0.489 e. The van der Waals surface area contributed by atoms with E-state index in [2.05, 4.69) is 17.1 Å². The lowest BCUT2D eigenvalue weighted by Crippen LogP contribution is -2.36. The molecule has 6 nitrogen and oxygen atoms in total. The van der Waals surface area contributed by atoms with Gasteiger partial charge in [0.2, 0.25) is 0 Å². The molecule has 7 heteroatoms. The van der Waals surface area contributed by atoms with Crippen molar-refractivity contribution in [2.45, 2.75) is 25.9 Å². The first-order chi connectivity index (χ1) is 14.1. The summed E-state index contributed by atoms with van der Waals surface area (Å²) >= 11 is 1.64. The molecule has 1 saturated heterocycles. The summed E-state index contributed by atoms with van der Waals surface area (Å²) in [6, 6.07) is 11.6. The van der Waals surface area contributed by atoms with Gasteiger partial charge in [-0.15, -0.1) is 0 Å². The number of rotatable bonds is 3. The van der Waals surface area contributed by atoms with Gasteiger partial charge in [-0.2, -0.15) is 0 Å². The van der Waals surface area contributed by atoms with E-state index in [1.165, 1.54) is 0 Å². The Labute approximate surface area is 173 Å². The Morgan fingerprint density at radius 1 is 1.21 bits per heavy atom. The zero-order valence-electron chi connectivity index (χ0n) is 16.5. The summed E-state index contributed by atoms with van der Waals surface area (Å²) in [5, 5.41) is 4.03. The Bertz CT molecular complexity index is 1070. The van der Waals surface area contributed by atoms with Crippen molar-refractivity contribution in [2.24, 2.45) is 0 Å².